The van der Waals surface area contributed by atoms with Gasteiger partial charge in [0.2, 0.25) is 0 Å². The van der Waals surface area contributed by atoms with E-state index in [1.807, 2.05) is 0 Å². The van der Waals surface area contributed by atoms with Gasteiger partial charge in [0.25, 0.3) is 0 Å². The maximum Gasteiger partial charge on any atom is 0.0509 e. The fourth-order valence-electron chi connectivity index (χ4n) is 3.46. The monoisotopic (exact) mass is 211 g/mol. The number of hydrogen-bond donors (Lipinski definition) is 0. The Morgan fingerprint density at radius 2 is 1.93 bits per heavy atom. The molecule has 0 aromatic rings. The van der Waals surface area contributed by atoms with E-state index in [4.69, 9.17) is 4.74 Å². The molecule has 0 bridgehead atoms. The van der Waals surface area contributed by atoms with Crippen molar-refractivity contribution < 1.29 is 4.74 Å². The summed E-state index contributed by atoms with van der Waals surface area (Å²) in [6.07, 6.45) is 2.59. The number of likely N-dealkylation sites (tertiary alicyclic amines) is 1. The minimum atomic E-state index is 0.686. The molecule has 2 heterocycles. The Balaban J connectivity index is 2.14. The lowest BCUT2D eigenvalue weighted by Crippen LogP contribution is -2.46. The van der Waals surface area contributed by atoms with Crippen molar-refractivity contribution in [3.8, 4) is 0 Å². The zero-order valence-corrected chi connectivity index (χ0v) is 10.6. The van der Waals surface area contributed by atoms with Gasteiger partial charge in [-0.2, -0.15) is 0 Å². The van der Waals surface area contributed by atoms with Gasteiger partial charge >= 0.3 is 0 Å². The van der Waals surface area contributed by atoms with E-state index >= 15 is 0 Å². The van der Waals surface area contributed by atoms with E-state index in [-0.39, 0.29) is 0 Å². The van der Waals surface area contributed by atoms with E-state index < -0.39 is 0 Å². The summed E-state index contributed by atoms with van der Waals surface area (Å²) in [6, 6.07) is 2.26. The van der Waals surface area contributed by atoms with Gasteiger partial charge in [-0.25, -0.2) is 0 Å². The number of ether oxygens (including phenoxy) is 1. The van der Waals surface area contributed by atoms with Crippen LogP contribution in [0.4, 0.5) is 0 Å². The highest BCUT2D eigenvalue weighted by atomic mass is 16.5. The van der Waals surface area contributed by atoms with Crippen LogP contribution in [0.1, 0.15) is 40.5 Å². The third kappa shape index (κ3) is 2.07. The zero-order valence-electron chi connectivity index (χ0n) is 10.6. The van der Waals surface area contributed by atoms with Gasteiger partial charge in [-0.15, -0.1) is 0 Å². The van der Waals surface area contributed by atoms with Crippen LogP contribution in [0.5, 0.6) is 0 Å². The van der Waals surface area contributed by atoms with Crippen LogP contribution in [0.15, 0.2) is 0 Å². The molecule has 0 radical (unpaired) electrons. The Kier molecular flexibility index (Phi) is 3.36. The Hall–Kier alpha value is -0.0800. The standard InChI is InChI=1S/C13H25NO/c1-9(2)13-7-11-8-15-6-5-12(11)14(13)10(3)4/h9-13H,5-8H2,1-4H3. The van der Waals surface area contributed by atoms with Gasteiger partial charge in [0.1, 0.15) is 0 Å². The molecule has 2 aliphatic heterocycles. The number of nitrogens with zero attached hydrogens (tertiary/aromatic N) is 1. The van der Waals surface area contributed by atoms with Crippen LogP contribution in [0.25, 0.3) is 0 Å². The highest BCUT2D eigenvalue weighted by Crippen LogP contribution is 2.38. The van der Waals surface area contributed by atoms with E-state index in [2.05, 4.69) is 32.6 Å². The lowest BCUT2D eigenvalue weighted by atomic mass is 9.93. The molecule has 0 amide bonds. The molecule has 0 aromatic heterocycles. The van der Waals surface area contributed by atoms with Crippen molar-refractivity contribution in [2.75, 3.05) is 13.2 Å². The Morgan fingerprint density at radius 1 is 1.20 bits per heavy atom. The molecular formula is C13H25NO. The Morgan fingerprint density at radius 3 is 2.53 bits per heavy atom. The highest BCUT2D eigenvalue weighted by molar-refractivity contribution is 4.97. The van der Waals surface area contributed by atoms with Crippen molar-refractivity contribution in [3.05, 3.63) is 0 Å². The lowest BCUT2D eigenvalue weighted by Gasteiger charge is -2.38. The van der Waals surface area contributed by atoms with E-state index in [1.54, 1.807) is 0 Å². The molecule has 2 aliphatic rings. The normalized spacial score (nSPS) is 37.6. The van der Waals surface area contributed by atoms with Gasteiger partial charge in [-0.1, -0.05) is 13.8 Å². The van der Waals surface area contributed by atoms with Gasteiger partial charge in [0.15, 0.2) is 0 Å². The van der Waals surface area contributed by atoms with Crippen molar-refractivity contribution >= 4 is 0 Å². The molecule has 2 rings (SSSR count). The molecule has 2 fully saturated rings. The summed E-state index contributed by atoms with van der Waals surface area (Å²) in [6.45, 7) is 11.4. The van der Waals surface area contributed by atoms with Crippen LogP contribution in [0, 0.1) is 11.8 Å². The second kappa shape index (κ2) is 4.42. The van der Waals surface area contributed by atoms with Crippen LogP contribution < -0.4 is 0 Å². The van der Waals surface area contributed by atoms with Crippen molar-refractivity contribution in [2.24, 2.45) is 11.8 Å². The summed E-state index contributed by atoms with van der Waals surface area (Å²) >= 11 is 0. The SMILES string of the molecule is CC(C)C1CC2COCCC2N1C(C)C. The van der Waals surface area contributed by atoms with Crippen molar-refractivity contribution in [1.82, 2.24) is 4.90 Å². The molecule has 2 nitrogen and oxygen atoms in total. The summed E-state index contributed by atoms with van der Waals surface area (Å²) in [5, 5.41) is 0. The molecule has 2 saturated heterocycles. The Bertz CT molecular complexity index is 213. The maximum atomic E-state index is 5.61. The minimum Gasteiger partial charge on any atom is -0.381 e. The number of fused-ring (bicyclic) bond motifs is 1. The summed E-state index contributed by atoms with van der Waals surface area (Å²) < 4.78 is 5.61. The first kappa shape index (κ1) is 11.4. The lowest BCUT2D eigenvalue weighted by molar-refractivity contribution is 0.00832. The summed E-state index contributed by atoms with van der Waals surface area (Å²) in [5.41, 5.74) is 0. The molecule has 0 spiro atoms. The van der Waals surface area contributed by atoms with Crippen molar-refractivity contribution in [2.45, 2.75) is 58.7 Å². The van der Waals surface area contributed by atoms with Crippen molar-refractivity contribution in [1.29, 1.82) is 0 Å². The Labute approximate surface area is 94.0 Å². The average Bonchev–Trinajstić information content (AvgIpc) is 2.56. The van der Waals surface area contributed by atoms with Gasteiger partial charge in [-0.05, 0) is 38.5 Å². The highest BCUT2D eigenvalue weighted by Gasteiger charge is 2.44. The van der Waals surface area contributed by atoms with E-state index in [0.29, 0.717) is 6.04 Å². The van der Waals surface area contributed by atoms with Crippen LogP contribution in [-0.2, 0) is 4.74 Å². The van der Waals surface area contributed by atoms with Gasteiger partial charge in [-0.3, -0.25) is 4.90 Å². The first-order valence-corrected chi connectivity index (χ1v) is 6.46. The second-order valence-electron chi connectivity index (χ2n) is 5.78. The van der Waals surface area contributed by atoms with Gasteiger partial charge in [0, 0.05) is 24.7 Å². The zero-order chi connectivity index (χ0) is 11.0. The molecule has 3 atom stereocenters. The topological polar surface area (TPSA) is 12.5 Å². The maximum absolute atomic E-state index is 5.61. The van der Waals surface area contributed by atoms with E-state index in [1.165, 1.54) is 12.8 Å². The van der Waals surface area contributed by atoms with Crippen LogP contribution >= 0.6 is 0 Å². The third-order valence-electron chi connectivity index (χ3n) is 4.11. The van der Waals surface area contributed by atoms with Crippen LogP contribution in [0.3, 0.4) is 0 Å². The van der Waals surface area contributed by atoms with Crippen LogP contribution in [-0.4, -0.2) is 36.2 Å². The number of rotatable bonds is 2. The first-order valence-electron chi connectivity index (χ1n) is 6.46. The minimum absolute atomic E-state index is 0.686. The summed E-state index contributed by atoms with van der Waals surface area (Å²) in [5.74, 6) is 1.58. The first-order chi connectivity index (χ1) is 7.11. The second-order valence-corrected chi connectivity index (χ2v) is 5.78. The van der Waals surface area contributed by atoms with Gasteiger partial charge in [0.05, 0.1) is 6.61 Å². The summed E-state index contributed by atoms with van der Waals surface area (Å²) in [7, 11) is 0. The molecule has 0 aliphatic carbocycles. The predicted octanol–water partition coefficient (Wildman–Crippen LogP) is 2.53. The molecule has 0 aromatic carbocycles. The molecule has 3 unspecified atom stereocenters. The van der Waals surface area contributed by atoms with Crippen LogP contribution in [0.2, 0.25) is 0 Å². The average molecular weight is 211 g/mol. The fraction of sp³-hybridized carbons (Fsp3) is 1.00. The van der Waals surface area contributed by atoms with E-state index in [0.717, 1.165) is 37.1 Å². The fourth-order valence-corrected chi connectivity index (χ4v) is 3.46. The van der Waals surface area contributed by atoms with E-state index in [9.17, 15) is 0 Å². The number of hydrogen-bond acceptors (Lipinski definition) is 2. The molecule has 2 heteroatoms. The van der Waals surface area contributed by atoms with Crippen molar-refractivity contribution in [3.63, 3.8) is 0 Å². The predicted molar refractivity (Wildman–Crippen MR) is 62.9 cm³/mol. The molecule has 0 saturated carbocycles. The molecule has 15 heavy (non-hydrogen) atoms. The quantitative estimate of drug-likeness (QED) is 0.696. The molecular weight excluding hydrogens is 186 g/mol. The smallest absolute Gasteiger partial charge is 0.0509 e. The third-order valence-corrected chi connectivity index (χ3v) is 4.11. The summed E-state index contributed by atoms with van der Waals surface area (Å²) in [4.78, 5) is 2.76. The molecule has 0 N–H and O–H groups in total. The van der Waals surface area contributed by atoms with Gasteiger partial charge < -0.3 is 4.74 Å². The molecule has 88 valence electrons. The largest absolute Gasteiger partial charge is 0.381 e.